The smallest absolute Gasteiger partial charge is 0.143 e. The molecule has 272 valence electrons. The van der Waals surface area contributed by atoms with Gasteiger partial charge in [0.05, 0.1) is 27.5 Å². The highest BCUT2D eigenvalue weighted by Crippen LogP contribution is 2.42. The van der Waals surface area contributed by atoms with Crippen molar-refractivity contribution in [2.75, 3.05) is 0 Å². The normalized spacial score (nSPS) is 18.0. The van der Waals surface area contributed by atoms with Gasteiger partial charge in [-0.1, -0.05) is 146 Å². The number of para-hydroxylation sites is 3. The predicted molar refractivity (Wildman–Crippen MR) is 238 cm³/mol. The maximum atomic E-state index is 6.88. The van der Waals surface area contributed by atoms with Gasteiger partial charge in [0, 0.05) is 54.0 Å². The van der Waals surface area contributed by atoms with Crippen molar-refractivity contribution in [3.05, 3.63) is 197 Å². The van der Waals surface area contributed by atoms with Crippen LogP contribution < -0.4 is 21.3 Å². The van der Waals surface area contributed by atoms with E-state index in [4.69, 9.17) is 4.42 Å². The molecule has 3 atom stereocenters. The molecule has 1 aliphatic carbocycles. The summed E-state index contributed by atoms with van der Waals surface area (Å²) in [5.74, 6) is 0.166. The van der Waals surface area contributed by atoms with E-state index in [1.54, 1.807) is 0 Å². The van der Waals surface area contributed by atoms with Gasteiger partial charge in [0.25, 0.3) is 0 Å². The Kier molecular flexibility index (Phi) is 7.40. The van der Waals surface area contributed by atoms with Crippen molar-refractivity contribution in [2.24, 2.45) is 5.92 Å². The van der Waals surface area contributed by atoms with Crippen molar-refractivity contribution >= 4 is 76.4 Å². The molecular weight excluding hydrogens is 715 g/mol. The lowest BCUT2D eigenvalue weighted by Gasteiger charge is -2.35. The molecule has 1 aliphatic heterocycles. The Morgan fingerprint density at radius 2 is 1.28 bits per heavy atom. The summed E-state index contributed by atoms with van der Waals surface area (Å²) in [6.07, 6.45) is 7.96. The minimum atomic E-state index is -0.00431. The molecule has 0 saturated carbocycles. The molecule has 3 aromatic heterocycles. The topological polar surface area (TPSA) is 42.1 Å². The van der Waals surface area contributed by atoms with E-state index in [0.29, 0.717) is 0 Å². The summed E-state index contributed by atoms with van der Waals surface area (Å²) >= 11 is 1.88. The maximum Gasteiger partial charge on any atom is 0.143 e. The molecular formula is C52H37N3OS. The molecule has 0 bridgehead atoms. The van der Waals surface area contributed by atoms with Gasteiger partial charge in [0.15, 0.2) is 0 Å². The van der Waals surface area contributed by atoms with Crippen LogP contribution in [0.25, 0.3) is 81.9 Å². The first kappa shape index (κ1) is 32.6. The number of hydrogen-bond donors (Lipinski definition) is 2. The summed E-state index contributed by atoms with van der Waals surface area (Å²) in [6, 6.07) is 59.2. The van der Waals surface area contributed by atoms with Gasteiger partial charge in [0.2, 0.25) is 0 Å². The number of furan rings is 1. The van der Waals surface area contributed by atoms with Crippen LogP contribution in [0, 0.1) is 5.92 Å². The second kappa shape index (κ2) is 13.0. The van der Waals surface area contributed by atoms with E-state index in [1.807, 2.05) is 11.3 Å². The number of thiophene rings is 1. The Morgan fingerprint density at radius 1 is 0.596 bits per heavy atom. The maximum absolute atomic E-state index is 6.88. The molecule has 0 radical (unpaired) electrons. The molecule has 2 N–H and O–H groups in total. The van der Waals surface area contributed by atoms with E-state index in [1.165, 1.54) is 80.7 Å². The average molecular weight is 752 g/mol. The molecule has 5 heteroatoms. The van der Waals surface area contributed by atoms with Gasteiger partial charge >= 0.3 is 0 Å². The number of aromatic nitrogens is 1. The largest absolute Gasteiger partial charge is 0.456 e. The third kappa shape index (κ3) is 5.23. The highest BCUT2D eigenvalue weighted by atomic mass is 32.1. The van der Waals surface area contributed by atoms with Gasteiger partial charge in [-0.05, 0) is 59.5 Å². The van der Waals surface area contributed by atoms with Crippen LogP contribution in [-0.2, 0) is 0 Å². The number of fused-ring (bicyclic) bond motifs is 9. The van der Waals surface area contributed by atoms with Gasteiger partial charge in [-0.2, -0.15) is 0 Å². The number of nitrogens with one attached hydrogen (secondary N) is 2. The lowest BCUT2D eigenvalue weighted by atomic mass is 9.91. The van der Waals surface area contributed by atoms with Crippen LogP contribution in [0.5, 0.6) is 0 Å². The summed E-state index contributed by atoms with van der Waals surface area (Å²) in [5.41, 5.74) is 11.5. The molecule has 0 fully saturated rings. The molecule has 57 heavy (non-hydrogen) atoms. The third-order valence-corrected chi connectivity index (χ3v) is 13.2. The van der Waals surface area contributed by atoms with Crippen molar-refractivity contribution in [1.82, 2.24) is 15.2 Å². The zero-order chi connectivity index (χ0) is 37.5. The minimum Gasteiger partial charge on any atom is -0.456 e. The number of nitrogens with zero attached hydrogens (tertiary/aromatic N) is 1. The first-order valence-electron chi connectivity index (χ1n) is 19.8. The van der Waals surface area contributed by atoms with Crippen LogP contribution in [0.3, 0.4) is 0 Å². The Balaban J connectivity index is 0.948. The Labute approximate surface area is 333 Å². The highest BCUT2D eigenvalue weighted by Gasteiger charge is 2.28. The van der Waals surface area contributed by atoms with Crippen LogP contribution in [0.4, 0.5) is 0 Å². The van der Waals surface area contributed by atoms with Gasteiger partial charge in [-0.3, -0.25) is 5.32 Å². The fraction of sp³-hybridized carbons (Fsp3) is 0.0769. The molecule has 4 heterocycles. The second-order valence-corrected chi connectivity index (χ2v) is 16.3. The fourth-order valence-corrected chi connectivity index (χ4v) is 10.6. The predicted octanol–water partition coefficient (Wildman–Crippen LogP) is 11.7. The summed E-state index contributed by atoms with van der Waals surface area (Å²) in [4.78, 5) is 0. The lowest BCUT2D eigenvalue weighted by Crippen LogP contribution is -2.42. The van der Waals surface area contributed by atoms with Crippen molar-refractivity contribution in [3.63, 3.8) is 0 Å². The van der Waals surface area contributed by atoms with E-state index in [0.717, 1.165) is 23.0 Å². The zero-order valence-electron chi connectivity index (χ0n) is 31.0. The van der Waals surface area contributed by atoms with Gasteiger partial charge < -0.3 is 14.3 Å². The Hall–Kier alpha value is -6.66. The molecule has 0 saturated heterocycles. The molecule has 0 spiro atoms. The fourth-order valence-electron chi connectivity index (χ4n) is 9.31. The van der Waals surface area contributed by atoms with Crippen LogP contribution in [-0.4, -0.2) is 4.57 Å². The van der Waals surface area contributed by atoms with Crippen molar-refractivity contribution < 1.29 is 4.42 Å². The van der Waals surface area contributed by atoms with Crippen LogP contribution >= 0.6 is 11.3 Å². The van der Waals surface area contributed by atoms with Crippen LogP contribution in [0.1, 0.15) is 29.8 Å². The lowest BCUT2D eigenvalue weighted by molar-refractivity contribution is 0.399. The van der Waals surface area contributed by atoms with Crippen LogP contribution in [0.15, 0.2) is 180 Å². The molecule has 4 nitrogen and oxygen atoms in total. The third-order valence-electron chi connectivity index (χ3n) is 12.0. The number of benzene rings is 7. The van der Waals surface area contributed by atoms with E-state index in [-0.39, 0.29) is 18.1 Å². The SMILES string of the molecule is C1=C(C2C=c3oc4c(-c5ccc6c(c5)sc5c(-n7c8ccccc8c8ccccc87)cccc56)cccc4c3=CC2)NC(c2ccccc2)NC1c1ccccc1. The highest BCUT2D eigenvalue weighted by molar-refractivity contribution is 7.26. The average Bonchev–Trinajstić information content (AvgIpc) is 3.96. The standard InChI is InChI=1S/C52H37N3OS/c1-3-13-32(14-4-1)43-31-44(54-52(53-43)33-15-5-2-6-16-33)35-26-27-39-41-20-11-19-36(50(41)56-48(39)29-35)34-25-28-40-42-21-12-24-47(51(42)57-49(40)30-34)55-45-22-9-7-17-37(45)38-18-8-10-23-46(38)55/h1-25,27-31,35,43,52-54H,26H2. The Morgan fingerprint density at radius 3 is 2.07 bits per heavy atom. The molecule has 3 unspecified atom stereocenters. The van der Waals surface area contributed by atoms with E-state index < -0.39 is 0 Å². The van der Waals surface area contributed by atoms with Crippen LogP contribution in [0.2, 0.25) is 0 Å². The summed E-state index contributed by atoms with van der Waals surface area (Å²) in [5, 5.41) is 15.2. The number of rotatable bonds is 5. The van der Waals surface area contributed by atoms with Crippen molar-refractivity contribution in [1.29, 1.82) is 0 Å². The minimum absolute atomic E-state index is 0.00431. The molecule has 12 rings (SSSR count). The van der Waals surface area contributed by atoms with Gasteiger partial charge in [-0.15, -0.1) is 11.3 Å². The quantitative estimate of drug-likeness (QED) is 0.184. The molecule has 0 amide bonds. The summed E-state index contributed by atoms with van der Waals surface area (Å²) < 4.78 is 11.9. The van der Waals surface area contributed by atoms with Gasteiger partial charge in [-0.25, -0.2) is 0 Å². The summed E-state index contributed by atoms with van der Waals surface area (Å²) in [6.45, 7) is 0. The van der Waals surface area contributed by atoms with E-state index >= 15 is 0 Å². The number of hydrogen-bond acceptors (Lipinski definition) is 4. The van der Waals surface area contributed by atoms with Crippen molar-refractivity contribution in [3.8, 4) is 16.8 Å². The van der Waals surface area contributed by atoms with E-state index in [2.05, 4.69) is 197 Å². The Bertz CT molecular complexity index is 3300. The molecule has 2 aliphatic rings. The van der Waals surface area contributed by atoms with Crippen molar-refractivity contribution in [2.45, 2.75) is 18.6 Å². The summed E-state index contributed by atoms with van der Waals surface area (Å²) in [7, 11) is 0. The van der Waals surface area contributed by atoms with E-state index in [9.17, 15) is 0 Å². The monoisotopic (exact) mass is 751 g/mol. The zero-order valence-corrected chi connectivity index (χ0v) is 31.8. The number of allylic oxidation sites excluding steroid dienone is 1. The van der Waals surface area contributed by atoms with Gasteiger partial charge in [0.1, 0.15) is 17.2 Å². The first-order valence-corrected chi connectivity index (χ1v) is 20.6. The second-order valence-electron chi connectivity index (χ2n) is 15.3. The molecule has 7 aromatic carbocycles. The molecule has 10 aromatic rings. The first-order chi connectivity index (χ1) is 28.2.